The number of ether oxygens (including phenoxy) is 1. The maximum Gasteiger partial charge on any atom is 0.212 e. The van der Waals surface area contributed by atoms with Crippen molar-refractivity contribution in [2.45, 2.75) is 9.79 Å². The lowest BCUT2D eigenvalue weighted by Crippen LogP contribution is -2.03. The first-order valence-corrected chi connectivity index (χ1v) is 8.05. The van der Waals surface area contributed by atoms with E-state index in [2.05, 4.69) is 4.98 Å². The summed E-state index contributed by atoms with van der Waals surface area (Å²) >= 11 is 5.97. The highest BCUT2D eigenvalue weighted by molar-refractivity contribution is 7.91. The summed E-state index contributed by atoms with van der Waals surface area (Å²) in [6.45, 7) is 0. The van der Waals surface area contributed by atoms with E-state index in [1.807, 2.05) is 0 Å². The Bertz CT molecular complexity index is 916. The number of para-hydroxylation sites is 1. The van der Waals surface area contributed by atoms with Gasteiger partial charge in [0, 0.05) is 22.1 Å². The maximum absolute atomic E-state index is 12.9. The van der Waals surface area contributed by atoms with Crippen molar-refractivity contribution in [1.29, 1.82) is 0 Å². The first kappa shape index (κ1) is 14.0. The molecule has 3 aromatic rings. The number of sulfone groups is 1. The van der Waals surface area contributed by atoms with E-state index in [1.54, 1.807) is 36.4 Å². The first-order valence-electron chi connectivity index (χ1n) is 6.19. The van der Waals surface area contributed by atoms with Gasteiger partial charge in [-0.3, -0.25) is 0 Å². The monoisotopic (exact) mass is 321 g/mol. The molecule has 1 N–H and O–H groups in total. The van der Waals surface area contributed by atoms with Crippen LogP contribution in [0.3, 0.4) is 0 Å². The lowest BCUT2D eigenvalue weighted by atomic mass is 10.2. The number of aromatic amines is 1. The second-order valence-electron chi connectivity index (χ2n) is 4.50. The van der Waals surface area contributed by atoms with Crippen LogP contribution >= 0.6 is 11.6 Å². The molecular formula is C15H12ClNO3S. The standard InChI is InChI=1S/C15H12ClNO3S/c1-20-13-4-2-3-5-14(13)21(18,19)15-9-17-12-7-6-10(16)8-11(12)15/h2-9,17H,1H3. The first-order chi connectivity index (χ1) is 10.0. The molecule has 0 aliphatic heterocycles. The van der Waals surface area contributed by atoms with Gasteiger partial charge in [0.2, 0.25) is 9.84 Å². The molecule has 21 heavy (non-hydrogen) atoms. The number of hydrogen-bond donors (Lipinski definition) is 1. The Morgan fingerprint density at radius 3 is 2.62 bits per heavy atom. The Kier molecular flexibility index (Phi) is 3.39. The van der Waals surface area contributed by atoms with Gasteiger partial charge in [-0.05, 0) is 30.3 Å². The van der Waals surface area contributed by atoms with E-state index >= 15 is 0 Å². The van der Waals surface area contributed by atoms with E-state index in [9.17, 15) is 8.42 Å². The van der Waals surface area contributed by atoms with Gasteiger partial charge in [-0.2, -0.15) is 0 Å². The third-order valence-electron chi connectivity index (χ3n) is 3.25. The minimum absolute atomic E-state index is 0.133. The third-order valence-corrected chi connectivity index (χ3v) is 5.32. The minimum Gasteiger partial charge on any atom is -0.495 e. The fraction of sp³-hybridized carbons (Fsp3) is 0.0667. The highest BCUT2D eigenvalue weighted by Gasteiger charge is 2.25. The van der Waals surface area contributed by atoms with Crippen molar-refractivity contribution in [3.8, 4) is 5.75 Å². The normalized spacial score (nSPS) is 11.7. The quantitative estimate of drug-likeness (QED) is 0.800. The van der Waals surface area contributed by atoms with E-state index in [0.29, 0.717) is 21.7 Å². The average molecular weight is 322 g/mol. The van der Waals surface area contributed by atoms with Crippen molar-refractivity contribution in [3.63, 3.8) is 0 Å². The molecule has 0 aliphatic rings. The Morgan fingerprint density at radius 1 is 1.10 bits per heavy atom. The molecule has 108 valence electrons. The number of H-pyrrole nitrogens is 1. The summed E-state index contributed by atoms with van der Waals surface area (Å²) in [6.07, 6.45) is 1.47. The molecule has 0 aliphatic carbocycles. The highest BCUT2D eigenvalue weighted by atomic mass is 35.5. The molecule has 1 heterocycles. The van der Waals surface area contributed by atoms with E-state index in [1.165, 1.54) is 19.4 Å². The molecular weight excluding hydrogens is 310 g/mol. The summed E-state index contributed by atoms with van der Waals surface area (Å²) in [6, 6.07) is 11.6. The number of fused-ring (bicyclic) bond motifs is 1. The molecule has 0 amide bonds. The second kappa shape index (κ2) is 5.09. The van der Waals surface area contributed by atoms with Crippen molar-refractivity contribution < 1.29 is 13.2 Å². The molecule has 0 atom stereocenters. The van der Waals surface area contributed by atoms with Crippen molar-refractivity contribution in [3.05, 3.63) is 53.7 Å². The van der Waals surface area contributed by atoms with Crippen molar-refractivity contribution in [2.24, 2.45) is 0 Å². The molecule has 0 bridgehead atoms. The molecule has 4 nitrogen and oxygen atoms in total. The van der Waals surface area contributed by atoms with Crippen LogP contribution in [0.2, 0.25) is 5.02 Å². The van der Waals surface area contributed by atoms with Crippen LogP contribution < -0.4 is 4.74 Å². The zero-order valence-corrected chi connectivity index (χ0v) is 12.7. The van der Waals surface area contributed by atoms with Gasteiger partial charge in [0.25, 0.3) is 0 Å². The molecule has 0 saturated heterocycles. The molecule has 0 spiro atoms. The zero-order chi connectivity index (χ0) is 15.0. The van der Waals surface area contributed by atoms with Crippen LogP contribution in [0.25, 0.3) is 10.9 Å². The van der Waals surface area contributed by atoms with Gasteiger partial charge < -0.3 is 9.72 Å². The van der Waals surface area contributed by atoms with Crippen LogP contribution in [0.5, 0.6) is 5.75 Å². The van der Waals surface area contributed by atoms with Crippen molar-refractivity contribution in [2.75, 3.05) is 7.11 Å². The summed E-state index contributed by atoms with van der Waals surface area (Å²) in [5, 5.41) is 1.05. The molecule has 3 rings (SSSR count). The van der Waals surface area contributed by atoms with Gasteiger partial charge in [-0.15, -0.1) is 0 Å². The van der Waals surface area contributed by atoms with E-state index in [0.717, 1.165) is 0 Å². The second-order valence-corrected chi connectivity index (χ2v) is 6.82. The van der Waals surface area contributed by atoms with Crippen LogP contribution in [-0.2, 0) is 9.84 Å². The van der Waals surface area contributed by atoms with Gasteiger partial charge in [0.05, 0.1) is 12.0 Å². The SMILES string of the molecule is COc1ccccc1S(=O)(=O)c1c[nH]c2ccc(Cl)cc12. The van der Waals surface area contributed by atoms with E-state index in [4.69, 9.17) is 16.3 Å². The number of halogens is 1. The summed E-state index contributed by atoms with van der Waals surface area (Å²) in [7, 11) is -2.25. The van der Waals surface area contributed by atoms with Crippen LogP contribution in [0, 0.1) is 0 Å². The predicted octanol–water partition coefficient (Wildman–Crippen LogP) is 3.66. The number of hydrogen-bond acceptors (Lipinski definition) is 3. The third kappa shape index (κ3) is 2.28. The number of nitrogens with one attached hydrogen (secondary N) is 1. The largest absolute Gasteiger partial charge is 0.495 e. The summed E-state index contributed by atoms with van der Waals surface area (Å²) in [4.78, 5) is 3.27. The van der Waals surface area contributed by atoms with Crippen molar-refractivity contribution >= 4 is 32.3 Å². The van der Waals surface area contributed by atoms with Gasteiger partial charge in [0.15, 0.2) is 0 Å². The van der Waals surface area contributed by atoms with Gasteiger partial charge in [-0.1, -0.05) is 23.7 Å². The van der Waals surface area contributed by atoms with Crippen LogP contribution in [0.15, 0.2) is 58.5 Å². The molecule has 0 fully saturated rings. The Balaban J connectivity index is 2.28. The molecule has 1 aromatic heterocycles. The van der Waals surface area contributed by atoms with Crippen LogP contribution in [-0.4, -0.2) is 20.5 Å². The van der Waals surface area contributed by atoms with E-state index < -0.39 is 9.84 Å². The summed E-state index contributed by atoms with van der Waals surface area (Å²) in [5.74, 6) is 0.314. The number of rotatable bonds is 3. The summed E-state index contributed by atoms with van der Waals surface area (Å²) in [5.41, 5.74) is 0.716. The highest BCUT2D eigenvalue weighted by Crippen LogP contribution is 2.33. The number of aromatic nitrogens is 1. The molecule has 0 unspecified atom stereocenters. The average Bonchev–Trinajstić information content (AvgIpc) is 2.90. The molecule has 2 aromatic carbocycles. The summed E-state index contributed by atoms with van der Waals surface area (Å²) < 4.78 is 30.9. The van der Waals surface area contributed by atoms with E-state index in [-0.39, 0.29) is 9.79 Å². The van der Waals surface area contributed by atoms with Gasteiger partial charge >= 0.3 is 0 Å². The topological polar surface area (TPSA) is 59.2 Å². The predicted molar refractivity (Wildman–Crippen MR) is 81.8 cm³/mol. The van der Waals surface area contributed by atoms with Crippen LogP contribution in [0.4, 0.5) is 0 Å². The fourth-order valence-electron chi connectivity index (χ4n) is 2.25. The lowest BCUT2D eigenvalue weighted by molar-refractivity contribution is 0.403. The molecule has 0 radical (unpaired) electrons. The van der Waals surface area contributed by atoms with Crippen LogP contribution in [0.1, 0.15) is 0 Å². The molecule has 0 saturated carbocycles. The fourth-order valence-corrected chi connectivity index (χ4v) is 4.00. The number of methoxy groups -OCH3 is 1. The van der Waals surface area contributed by atoms with Gasteiger partial charge in [0.1, 0.15) is 10.6 Å². The maximum atomic E-state index is 12.9. The Morgan fingerprint density at radius 2 is 1.86 bits per heavy atom. The minimum atomic E-state index is -3.70. The lowest BCUT2D eigenvalue weighted by Gasteiger charge is -2.08. The Hall–Kier alpha value is -1.98. The number of benzene rings is 2. The molecule has 6 heteroatoms. The zero-order valence-electron chi connectivity index (χ0n) is 11.1. The Labute approximate surface area is 127 Å². The van der Waals surface area contributed by atoms with Gasteiger partial charge in [-0.25, -0.2) is 8.42 Å². The van der Waals surface area contributed by atoms with Crippen molar-refractivity contribution in [1.82, 2.24) is 4.98 Å². The smallest absolute Gasteiger partial charge is 0.212 e.